The number of rotatable bonds is 4. The fourth-order valence-corrected chi connectivity index (χ4v) is 2.19. The third-order valence-electron chi connectivity index (χ3n) is 3.02. The maximum atomic E-state index is 14.3. The Hall–Kier alpha value is -1.58. The SMILES string of the molecule is CNC(c1ccc(Cl)cc1)c1cccc(OC)c1F. The van der Waals surface area contributed by atoms with E-state index in [-0.39, 0.29) is 17.6 Å². The molecule has 0 spiro atoms. The van der Waals surface area contributed by atoms with Gasteiger partial charge in [-0.15, -0.1) is 0 Å². The van der Waals surface area contributed by atoms with E-state index in [0.29, 0.717) is 10.6 Å². The molecule has 4 heteroatoms. The summed E-state index contributed by atoms with van der Waals surface area (Å²) in [5.41, 5.74) is 1.49. The summed E-state index contributed by atoms with van der Waals surface area (Å²) in [5.74, 6) is -0.106. The minimum atomic E-state index is -0.348. The molecule has 1 atom stereocenters. The summed E-state index contributed by atoms with van der Waals surface area (Å²) in [5, 5.41) is 3.76. The molecule has 2 aromatic rings. The van der Waals surface area contributed by atoms with Crippen LogP contribution in [0.1, 0.15) is 17.2 Å². The molecule has 0 saturated heterocycles. The number of nitrogens with one attached hydrogen (secondary N) is 1. The molecule has 0 aromatic heterocycles. The van der Waals surface area contributed by atoms with Gasteiger partial charge in [-0.25, -0.2) is 4.39 Å². The van der Waals surface area contributed by atoms with Crippen LogP contribution in [0.3, 0.4) is 0 Å². The molecule has 0 bridgehead atoms. The zero-order chi connectivity index (χ0) is 13.8. The number of methoxy groups -OCH3 is 1. The van der Waals surface area contributed by atoms with Gasteiger partial charge in [0.05, 0.1) is 13.2 Å². The lowest BCUT2D eigenvalue weighted by atomic mass is 9.98. The zero-order valence-electron chi connectivity index (χ0n) is 10.8. The molecule has 2 aromatic carbocycles. The Bertz CT molecular complexity index is 557. The van der Waals surface area contributed by atoms with E-state index in [4.69, 9.17) is 16.3 Å². The summed E-state index contributed by atoms with van der Waals surface area (Å²) in [7, 11) is 3.25. The molecular weight excluding hydrogens is 265 g/mol. The molecule has 2 nitrogen and oxygen atoms in total. The Labute approximate surface area is 117 Å². The molecule has 0 aliphatic heterocycles. The number of hydrogen-bond acceptors (Lipinski definition) is 2. The van der Waals surface area contributed by atoms with E-state index in [9.17, 15) is 4.39 Å². The predicted octanol–water partition coefficient (Wildman–Crippen LogP) is 3.80. The summed E-state index contributed by atoms with van der Waals surface area (Å²) >= 11 is 5.87. The molecule has 0 radical (unpaired) electrons. The van der Waals surface area contributed by atoms with Crippen LogP contribution in [0.5, 0.6) is 5.75 Å². The van der Waals surface area contributed by atoms with Gasteiger partial charge < -0.3 is 10.1 Å². The molecule has 0 aliphatic carbocycles. The summed E-state index contributed by atoms with van der Waals surface area (Å²) in [6.07, 6.45) is 0. The summed E-state index contributed by atoms with van der Waals surface area (Å²) in [6, 6.07) is 12.2. The smallest absolute Gasteiger partial charge is 0.170 e. The first-order valence-corrected chi connectivity index (χ1v) is 6.30. The molecular formula is C15H15ClFNO. The van der Waals surface area contributed by atoms with Gasteiger partial charge in [-0.2, -0.15) is 0 Å². The van der Waals surface area contributed by atoms with Crippen LogP contribution in [0.25, 0.3) is 0 Å². The van der Waals surface area contributed by atoms with Crippen molar-refractivity contribution in [3.63, 3.8) is 0 Å². The van der Waals surface area contributed by atoms with Crippen molar-refractivity contribution in [2.45, 2.75) is 6.04 Å². The van der Waals surface area contributed by atoms with E-state index in [1.54, 1.807) is 37.4 Å². The average molecular weight is 280 g/mol. The van der Waals surface area contributed by atoms with Crippen LogP contribution in [0.15, 0.2) is 42.5 Å². The van der Waals surface area contributed by atoms with E-state index in [1.165, 1.54) is 7.11 Å². The lowest BCUT2D eigenvalue weighted by Crippen LogP contribution is -2.19. The van der Waals surface area contributed by atoms with Crippen molar-refractivity contribution in [1.29, 1.82) is 0 Å². The fourth-order valence-electron chi connectivity index (χ4n) is 2.07. The van der Waals surface area contributed by atoms with Crippen LogP contribution in [-0.4, -0.2) is 14.2 Å². The molecule has 0 saturated carbocycles. The van der Waals surface area contributed by atoms with E-state index in [0.717, 1.165) is 5.56 Å². The van der Waals surface area contributed by atoms with Crippen molar-refractivity contribution in [3.8, 4) is 5.75 Å². The highest BCUT2D eigenvalue weighted by atomic mass is 35.5. The monoisotopic (exact) mass is 279 g/mol. The van der Waals surface area contributed by atoms with Crippen LogP contribution in [0.4, 0.5) is 4.39 Å². The predicted molar refractivity (Wildman–Crippen MR) is 75.3 cm³/mol. The highest BCUT2D eigenvalue weighted by Gasteiger charge is 2.18. The first-order chi connectivity index (χ1) is 9.17. The summed E-state index contributed by atoms with van der Waals surface area (Å²) < 4.78 is 19.3. The first-order valence-electron chi connectivity index (χ1n) is 5.92. The molecule has 0 amide bonds. The Morgan fingerprint density at radius 3 is 2.42 bits per heavy atom. The maximum absolute atomic E-state index is 14.3. The van der Waals surface area contributed by atoms with Gasteiger partial charge in [-0.05, 0) is 30.8 Å². The van der Waals surface area contributed by atoms with Crippen LogP contribution in [0, 0.1) is 5.82 Å². The van der Waals surface area contributed by atoms with Gasteiger partial charge >= 0.3 is 0 Å². The second-order valence-electron chi connectivity index (χ2n) is 4.14. The quantitative estimate of drug-likeness (QED) is 0.919. The van der Waals surface area contributed by atoms with Gasteiger partial charge in [0.2, 0.25) is 0 Å². The van der Waals surface area contributed by atoms with Crippen molar-refractivity contribution >= 4 is 11.6 Å². The lowest BCUT2D eigenvalue weighted by Gasteiger charge is -2.19. The fraction of sp³-hybridized carbons (Fsp3) is 0.200. The van der Waals surface area contributed by atoms with Gasteiger partial charge in [-0.1, -0.05) is 35.9 Å². The normalized spacial score (nSPS) is 12.2. The molecule has 1 unspecified atom stereocenters. The Morgan fingerprint density at radius 2 is 1.84 bits per heavy atom. The Kier molecular flexibility index (Phi) is 4.40. The third kappa shape index (κ3) is 2.88. The molecule has 100 valence electrons. The van der Waals surface area contributed by atoms with Gasteiger partial charge in [-0.3, -0.25) is 0 Å². The molecule has 0 fully saturated rings. The molecule has 0 heterocycles. The second kappa shape index (κ2) is 6.04. The number of benzene rings is 2. The highest BCUT2D eigenvalue weighted by molar-refractivity contribution is 6.30. The first kappa shape index (κ1) is 13.8. The molecule has 0 aliphatic rings. The van der Waals surface area contributed by atoms with Crippen LogP contribution >= 0.6 is 11.6 Å². The average Bonchev–Trinajstić information content (AvgIpc) is 2.43. The van der Waals surface area contributed by atoms with Gasteiger partial charge in [0.25, 0.3) is 0 Å². The van der Waals surface area contributed by atoms with Crippen molar-refractivity contribution < 1.29 is 9.13 Å². The second-order valence-corrected chi connectivity index (χ2v) is 4.57. The highest BCUT2D eigenvalue weighted by Crippen LogP contribution is 2.29. The van der Waals surface area contributed by atoms with Crippen LogP contribution in [-0.2, 0) is 0 Å². The lowest BCUT2D eigenvalue weighted by molar-refractivity contribution is 0.382. The van der Waals surface area contributed by atoms with Gasteiger partial charge in [0, 0.05) is 10.6 Å². The van der Waals surface area contributed by atoms with Gasteiger partial charge in [0.15, 0.2) is 11.6 Å². The Balaban J connectivity index is 2.45. The maximum Gasteiger partial charge on any atom is 0.170 e. The minimum Gasteiger partial charge on any atom is -0.494 e. The standard InChI is InChI=1S/C15H15ClFNO/c1-18-15(10-6-8-11(16)9-7-10)12-4-3-5-13(19-2)14(12)17/h3-9,15,18H,1-2H3. The van der Waals surface area contributed by atoms with Crippen molar-refractivity contribution in [1.82, 2.24) is 5.32 Å². The summed E-state index contributed by atoms with van der Waals surface area (Å²) in [6.45, 7) is 0. The number of hydrogen-bond donors (Lipinski definition) is 1. The summed E-state index contributed by atoms with van der Waals surface area (Å²) in [4.78, 5) is 0. The van der Waals surface area contributed by atoms with Crippen LogP contribution in [0.2, 0.25) is 5.02 Å². The van der Waals surface area contributed by atoms with Crippen molar-refractivity contribution in [3.05, 3.63) is 64.4 Å². The van der Waals surface area contributed by atoms with E-state index in [1.807, 2.05) is 12.1 Å². The molecule has 2 rings (SSSR count). The van der Waals surface area contributed by atoms with E-state index < -0.39 is 0 Å². The van der Waals surface area contributed by atoms with Gasteiger partial charge in [0.1, 0.15) is 0 Å². The topological polar surface area (TPSA) is 21.3 Å². The van der Waals surface area contributed by atoms with Crippen molar-refractivity contribution in [2.75, 3.05) is 14.2 Å². The molecule has 1 N–H and O–H groups in total. The largest absolute Gasteiger partial charge is 0.494 e. The number of ether oxygens (including phenoxy) is 1. The minimum absolute atomic E-state index is 0.242. The van der Waals surface area contributed by atoms with E-state index in [2.05, 4.69) is 5.32 Å². The van der Waals surface area contributed by atoms with E-state index >= 15 is 0 Å². The number of halogens is 2. The Morgan fingerprint density at radius 1 is 1.16 bits per heavy atom. The van der Waals surface area contributed by atoms with Crippen LogP contribution < -0.4 is 10.1 Å². The van der Waals surface area contributed by atoms with Crippen molar-refractivity contribution in [2.24, 2.45) is 0 Å². The molecule has 19 heavy (non-hydrogen) atoms. The zero-order valence-corrected chi connectivity index (χ0v) is 11.5. The third-order valence-corrected chi connectivity index (χ3v) is 3.27.